The Labute approximate surface area is 174 Å². The summed E-state index contributed by atoms with van der Waals surface area (Å²) in [6, 6.07) is 10.6. The van der Waals surface area contributed by atoms with Crippen LogP contribution in [0.5, 0.6) is 17.2 Å². The number of methoxy groups -OCH3 is 2. The topological polar surface area (TPSA) is 91.6 Å². The molecule has 0 atom stereocenters. The summed E-state index contributed by atoms with van der Waals surface area (Å²) in [4.78, 5) is 12.3. The number of carbonyl (C=O) groups excluding carboxylic acids is 1. The number of rotatable bonds is 7. The van der Waals surface area contributed by atoms with E-state index in [1.54, 1.807) is 24.3 Å². The fourth-order valence-corrected chi connectivity index (χ4v) is 2.80. The number of benzene rings is 2. The van der Waals surface area contributed by atoms with Gasteiger partial charge in [0.15, 0.2) is 11.5 Å². The van der Waals surface area contributed by atoms with Crippen LogP contribution in [-0.4, -0.2) is 25.2 Å². The Bertz CT molecular complexity index is 981. The summed E-state index contributed by atoms with van der Waals surface area (Å²) < 4.78 is 10.2. The number of phenolic OH excluding ortho intramolecular Hbond substituents is 1. The number of aryl methyl sites for hydroxylation is 1. The number of hydrogen-bond acceptors (Lipinski definition) is 5. The summed E-state index contributed by atoms with van der Waals surface area (Å²) in [6.45, 7) is 2.14. The Balaban J connectivity index is 2.11. The Morgan fingerprint density at radius 2 is 1.90 bits per heavy atom. The predicted molar refractivity (Wildman–Crippen MR) is 112 cm³/mol. The van der Waals surface area contributed by atoms with Crippen molar-refractivity contribution in [1.29, 1.82) is 5.26 Å². The largest absolute Gasteiger partial charge is 0.502 e. The highest BCUT2D eigenvalue weighted by molar-refractivity contribution is 6.31. The minimum absolute atomic E-state index is 0.0535. The first kappa shape index (κ1) is 21.9. The van der Waals surface area contributed by atoms with E-state index >= 15 is 0 Å². The van der Waals surface area contributed by atoms with Crippen LogP contribution in [0.1, 0.15) is 16.7 Å². The molecule has 0 saturated carbocycles. The Hall–Kier alpha value is -3.43. The van der Waals surface area contributed by atoms with E-state index in [0.29, 0.717) is 10.6 Å². The third-order valence-electron chi connectivity index (χ3n) is 4.07. The lowest BCUT2D eigenvalue weighted by Gasteiger charge is -2.09. The first-order valence-electron chi connectivity index (χ1n) is 8.66. The van der Waals surface area contributed by atoms with Crippen molar-refractivity contribution in [2.24, 2.45) is 0 Å². The number of amides is 1. The molecule has 0 saturated heterocycles. The molecule has 0 unspecified atom stereocenters. The summed E-state index contributed by atoms with van der Waals surface area (Å²) >= 11 is 6.16. The number of hydrogen-bond donors (Lipinski definition) is 2. The standard InChI is InChI=1S/C22H21ClN2O4/c1-14-7-8-17(18(23)9-14)13-25-22(27)16(12-24)6-4-5-15-10-19(28-2)21(26)20(11-15)29-3/h4-11,26H,13H2,1-3H3,(H,25,27)/b5-4+,16-6+. The molecule has 6 nitrogen and oxygen atoms in total. The van der Waals surface area contributed by atoms with Gasteiger partial charge in [-0.15, -0.1) is 0 Å². The van der Waals surface area contributed by atoms with Crippen LogP contribution in [0.4, 0.5) is 0 Å². The quantitative estimate of drug-likeness (QED) is 0.405. The van der Waals surface area contributed by atoms with Gasteiger partial charge in [-0.2, -0.15) is 5.26 Å². The van der Waals surface area contributed by atoms with Gasteiger partial charge in [0, 0.05) is 11.6 Å². The van der Waals surface area contributed by atoms with Crippen molar-refractivity contribution in [2.45, 2.75) is 13.5 Å². The molecule has 0 bridgehead atoms. The van der Waals surface area contributed by atoms with Crippen LogP contribution >= 0.6 is 11.6 Å². The van der Waals surface area contributed by atoms with E-state index in [4.69, 9.17) is 21.1 Å². The highest BCUT2D eigenvalue weighted by Crippen LogP contribution is 2.37. The van der Waals surface area contributed by atoms with Gasteiger partial charge in [0.2, 0.25) is 5.75 Å². The van der Waals surface area contributed by atoms with Gasteiger partial charge in [-0.3, -0.25) is 4.79 Å². The zero-order valence-corrected chi connectivity index (χ0v) is 17.1. The van der Waals surface area contributed by atoms with Crippen LogP contribution in [0.2, 0.25) is 5.02 Å². The van der Waals surface area contributed by atoms with Crippen LogP contribution < -0.4 is 14.8 Å². The average Bonchev–Trinajstić information content (AvgIpc) is 2.71. The van der Waals surface area contributed by atoms with Gasteiger partial charge in [-0.1, -0.05) is 35.9 Å². The second kappa shape index (κ2) is 10.2. The number of aromatic hydroxyl groups is 1. The van der Waals surface area contributed by atoms with Crippen molar-refractivity contribution in [3.63, 3.8) is 0 Å². The molecule has 0 radical (unpaired) electrons. The van der Waals surface area contributed by atoms with Gasteiger partial charge in [0.25, 0.3) is 5.91 Å². The van der Waals surface area contributed by atoms with Gasteiger partial charge < -0.3 is 19.9 Å². The minimum atomic E-state index is -0.505. The maximum Gasteiger partial charge on any atom is 0.262 e. The summed E-state index contributed by atoms with van der Waals surface area (Å²) in [6.07, 6.45) is 4.62. The summed E-state index contributed by atoms with van der Waals surface area (Å²) in [5, 5.41) is 22.4. The normalized spacial score (nSPS) is 11.2. The highest BCUT2D eigenvalue weighted by Gasteiger charge is 2.11. The maximum absolute atomic E-state index is 12.3. The van der Waals surface area contributed by atoms with Gasteiger partial charge in [0.05, 0.1) is 14.2 Å². The molecule has 2 aromatic rings. The number of nitrogens with one attached hydrogen (secondary N) is 1. The SMILES string of the molecule is COc1cc(/C=C/C=C(\C#N)C(=O)NCc2ccc(C)cc2Cl)cc(OC)c1O. The number of halogens is 1. The van der Waals surface area contributed by atoms with Crippen LogP contribution in [0.3, 0.4) is 0 Å². The lowest BCUT2D eigenvalue weighted by Crippen LogP contribution is -2.24. The van der Waals surface area contributed by atoms with E-state index in [1.807, 2.05) is 31.2 Å². The summed E-state index contributed by atoms with van der Waals surface area (Å²) in [5.41, 5.74) is 2.40. The third kappa shape index (κ3) is 5.77. The fraction of sp³-hybridized carbons (Fsp3) is 0.182. The first-order chi connectivity index (χ1) is 13.9. The lowest BCUT2D eigenvalue weighted by molar-refractivity contribution is -0.117. The fourth-order valence-electron chi connectivity index (χ4n) is 2.50. The van der Waals surface area contributed by atoms with Crippen molar-refractivity contribution in [2.75, 3.05) is 14.2 Å². The first-order valence-corrected chi connectivity index (χ1v) is 9.04. The second-order valence-corrected chi connectivity index (χ2v) is 6.51. The summed E-state index contributed by atoms with van der Waals surface area (Å²) in [5.74, 6) is -0.105. The summed E-state index contributed by atoms with van der Waals surface area (Å²) in [7, 11) is 2.86. The Kier molecular flexibility index (Phi) is 7.70. The van der Waals surface area contributed by atoms with Crippen LogP contribution in [0.25, 0.3) is 6.08 Å². The van der Waals surface area contributed by atoms with Gasteiger partial charge >= 0.3 is 0 Å². The molecule has 0 fully saturated rings. The predicted octanol–water partition coefficient (Wildman–Crippen LogP) is 4.15. The molecule has 0 aliphatic heterocycles. The molecule has 2 rings (SSSR count). The molecular weight excluding hydrogens is 392 g/mol. The molecule has 0 heterocycles. The zero-order chi connectivity index (χ0) is 21.4. The van der Waals surface area contributed by atoms with Crippen molar-refractivity contribution < 1.29 is 19.4 Å². The molecule has 0 spiro atoms. The van der Waals surface area contributed by atoms with Crippen molar-refractivity contribution in [3.05, 3.63) is 69.8 Å². The van der Waals surface area contributed by atoms with E-state index in [2.05, 4.69) is 5.32 Å². The number of carbonyl (C=O) groups is 1. The number of phenols is 1. The molecule has 7 heteroatoms. The maximum atomic E-state index is 12.3. The number of nitriles is 1. The molecule has 2 aromatic carbocycles. The van der Waals surface area contributed by atoms with Crippen molar-refractivity contribution in [1.82, 2.24) is 5.32 Å². The van der Waals surface area contributed by atoms with Crippen LogP contribution in [0.15, 0.2) is 48.1 Å². The van der Waals surface area contributed by atoms with Gasteiger partial charge in [-0.05, 0) is 47.9 Å². The molecular formula is C22H21ClN2O4. The number of allylic oxidation sites excluding steroid dienone is 2. The van der Waals surface area contributed by atoms with E-state index in [-0.39, 0.29) is 29.4 Å². The second-order valence-electron chi connectivity index (χ2n) is 6.10. The van der Waals surface area contributed by atoms with E-state index in [1.165, 1.54) is 20.3 Å². The molecule has 0 aromatic heterocycles. The monoisotopic (exact) mass is 412 g/mol. The van der Waals surface area contributed by atoms with E-state index in [9.17, 15) is 15.2 Å². The van der Waals surface area contributed by atoms with Crippen LogP contribution in [-0.2, 0) is 11.3 Å². The molecule has 150 valence electrons. The molecule has 0 aliphatic carbocycles. The van der Waals surface area contributed by atoms with E-state index in [0.717, 1.165) is 11.1 Å². The lowest BCUT2D eigenvalue weighted by atomic mass is 10.1. The highest BCUT2D eigenvalue weighted by atomic mass is 35.5. The molecule has 1 amide bonds. The van der Waals surface area contributed by atoms with Gasteiger partial charge in [-0.25, -0.2) is 0 Å². The van der Waals surface area contributed by atoms with E-state index < -0.39 is 5.91 Å². The Morgan fingerprint density at radius 3 is 2.45 bits per heavy atom. The van der Waals surface area contributed by atoms with Gasteiger partial charge in [0.1, 0.15) is 11.6 Å². The third-order valence-corrected chi connectivity index (χ3v) is 4.42. The number of ether oxygens (including phenoxy) is 2. The average molecular weight is 413 g/mol. The molecule has 2 N–H and O–H groups in total. The smallest absolute Gasteiger partial charge is 0.262 e. The van der Waals surface area contributed by atoms with Crippen LogP contribution in [0, 0.1) is 18.3 Å². The number of nitrogens with zero attached hydrogens (tertiary/aromatic N) is 1. The molecule has 0 aliphatic rings. The Morgan fingerprint density at radius 1 is 1.24 bits per heavy atom. The van der Waals surface area contributed by atoms with Crippen molar-refractivity contribution >= 4 is 23.6 Å². The van der Waals surface area contributed by atoms with Crippen molar-refractivity contribution in [3.8, 4) is 23.3 Å². The zero-order valence-electron chi connectivity index (χ0n) is 16.3. The minimum Gasteiger partial charge on any atom is -0.502 e. The molecule has 29 heavy (non-hydrogen) atoms.